The van der Waals surface area contributed by atoms with E-state index in [0.717, 1.165) is 0 Å². The normalized spacial score (nSPS) is 50.1. The van der Waals surface area contributed by atoms with Crippen molar-refractivity contribution in [3.8, 4) is 0 Å². The van der Waals surface area contributed by atoms with Crippen molar-refractivity contribution in [2.45, 2.75) is 44.2 Å². The van der Waals surface area contributed by atoms with E-state index in [4.69, 9.17) is 23.3 Å². The molecule has 0 aliphatic carbocycles. The van der Waals surface area contributed by atoms with Crippen LogP contribution < -0.4 is 0 Å². The molecule has 3 aliphatic heterocycles. The second-order valence-electron chi connectivity index (χ2n) is 4.23. The van der Waals surface area contributed by atoms with Gasteiger partial charge in [-0.2, -0.15) is 0 Å². The monoisotopic (exact) mass is 235 g/mol. The summed E-state index contributed by atoms with van der Waals surface area (Å²) < 4.78 is 37.8. The number of hydrogen-bond acceptors (Lipinski definition) is 6. The number of ether oxygens (including phenoxy) is 3. The van der Waals surface area contributed by atoms with Crippen molar-refractivity contribution in [3.63, 3.8) is 0 Å². The molecule has 7 heteroatoms. The predicted octanol–water partition coefficient (Wildman–Crippen LogP) is 0.936. The zero-order valence-corrected chi connectivity index (χ0v) is 9.31. The number of hydrogen-bond donors (Lipinski definition) is 0. The molecular weight excluding hydrogens is 223 g/mol. The molecule has 0 saturated carbocycles. The molecule has 0 N–H and O–H groups in total. The summed E-state index contributed by atoms with van der Waals surface area (Å²) in [6, 6.07) is 0. The molecule has 0 aromatic carbocycles. The molecule has 0 bridgehead atoms. The van der Waals surface area contributed by atoms with Crippen molar-refractivity contribution >= 4 is 8.25 Å². The van der Waals surface area contributed by atoms with E-state index < -0.39 is 20.3 Å². The Morgan fingerprint density at radius 3 is 2.87 bits per heavy atom. The first-order chi connectivity index (χ1) is 7.05. The Kier molecular flexibility index (Phi) is 2.15. The fourth-order valence-electron chi connectivity index (χ4n) is 2.07. The van der Waals surface area contributed by atoms with Crippen LogP contribution in [0.15, 0.2) is 0 Å². The van der Waals surface area contributed by atoms with Gasteiger partial charge in [0.05, 0.1) is 0 Å². The Morgan fingerprint density at radius 2 is 2.07 bits per heavy atom. The fourth-order valence-corrected chi connectivity index (χ4v) is 2.86. The average molecular weight is 235 g/mol. The second kappa shape index (κ2) is 3.20. The van der Waals surface area contributed by atoms with Gasteiger partial charge in [0.25, 0.3) is 0 Å². The molecule has 3 saturated heterocycles. The van der Waals surface area contributed by atoms with E-state index >= 15 is 0 Å². The molecule has 0 aromatic rings. The topological polar surface area (TPSA) is 63.2 Å². The van der Waals surface area contributed by atoms with E-state index in [-0.39, 0.29) is 24.9 Å². The first-order valence-electron chi connectivity index (χ1n) is 4.83. The highest BCUT2D eigenvalue weighted by molar-refractivity contribution is 7.33. The minimum absolute atomic E-state index is 0.246. The molecule has 0 aromatic heterocycles. The lowest BCUT2D eigenvalue weighted by Crippen LogP contribution is -2.39. The zero-order valence-electron chi connectivity index (χ0n) is 8.41. The maximum Gasteiger partial charge on any atom is 0.697 e. The number of rotatable bonds is 0. The largest absolute Gasteiger partial charge is 0.697 e. The molecule has 5 atom stereocenters. The van der Waals surface area contributed by atoms with Crippen molar-refractivity contribution in [2.75, 3.05) is 6.61 Å². The van der Waals surface area contributed by atoms with Gasteiger partial charge in [0.15, 0.2) is 18.2 Å². The van der Waals surface area contributed by atoms with E-state index in [1.807, 2.05) is 13.8 Å². The van der Waals surface area contributed by atoms with Gasteiger partial charge in [-0.3, -0.25) is 0 Å². The SMILES string of the molecule is CC1(C)OC2O[C@@H]3CO[P+](=O)O[C@@H]3C2O1. The molecule has 0 amide bonds. The standard InChI is InChI=1S/C8H12O6P/c1-8(2)12-6-5-4(11-7(6)13-8)3-10-15(9)14-5/h4-7H,3H2,1-2H3/q+1/t4-,5+,6?,7?/m1/s1. The third-order valence-corrected chi connectivity index (χ3v) is 3.41. The van der Waals surface area contributed by atoms with Crippen molar-refractivity contribution in [1.29, 1.82) is 0 Å². The van der Waals surface area contributed by atoms with Crippen LogP contribution in [0.4, 0.5) is 0 Å². The first-order valence-corrected chi connectivity index (χ1v) is 5.93. The minimum atomic E-state index is -2.04. The van der Waals surface area contributed by atoms with Gasteiger partial charge < -0.3 is 14.2 Å². The highest BCUT2D eigenvalue weighted by atomic mass is 31.1. The Morgan fingerprint density at radius 1 is 1.27 bits per heavy atom. The second-order valence-corrected chi connectivity index (χ2v) is 5.15. The van der Waals surface area contributed by atoms with Crippen LogP contribution in [0.3, 0.4) is 0 Å². The van der Waals surface area contributed by atoms with Gasteiger partial charge in [0.1, 0.15) is 18.8 Å². The summed E-state index contributed by atoms with van der Waals surface area (Å²) in [5, 5.41) is 0. The van der Waals surface area contributed by atoms with Gasteiger partial charge in [0, 0.05) is 4.57 Å². The summed E-state index contributed by atoms with van der Waals surface area (Å²) in [6.07, 6.45) is -1.36. The van der Waals surface area contributed by atoms with Crippen molar-refractivity contribution in [2.24, 2.45) is 0 Å². The Hall–Kier alpha value is -0.100. The van der Waals surface area contributed by atoms with Gasteiger partial charge in [-0.15, -0.1) is 9.05 Å². The quantitative estimate of drug-likeness (QED) is 0.582. The summed E-state index contributed by atoms with van der Waals surface area (Å²) in [5.41, 5.74) is 0. The molecule has 6 nitrogen and oxygen atoms in total. The fraction of sp³-hybridized carbons (Fsp3) is 1.00. The maximum absolute atomic E-state index is 11.1. The lowest BCUT2D eigenvalue weighted by molar-refractivity contribution is -0.219. The first kappa shape index (κ1) is 10.1. The van der Waals surface area contributed by atoms with Gasteiger partial charge >= 0.3 is 8.25 Å². The molecule has 0 radical (unpaired) electrons. The number of fused-ring (bicyclic) bond motifs is 3. The van der Waals surface area contributed by atoms with Crippen LogP contribution >= 0.6 is 8.25 Å². The van der Waals surface area contributed by atoms with E-state index in [9.17, 15) is 4.57 Å². The third-order valence-electron chi connectivity index (χ3n) is 2.64. The highest BCUT2D eigenvalue weighted by Crippen LogP contribution is 2.45. The average Bonchev–Trinajstić information content (AvgIpc) is 2.58. The van der Waals surface area contributed by atoms with E-state index in [2.05, 4.69) is 0 Å². The predicted molar refractivity (Wildman–Crippen MR) is 47.1 cm³/mol. The molecular formula is C8H12O6P+. The van der Waals surface area contributed by atoms with Crippen LogP contribution in [0.5, 0.6) is 0 Å². The third kappa shape index (κ3) is 1.62. The van der Waals surface area contributed by atoms with Crippen LogP contribution in [0.1, 0.15) is 13.8 Å². The van der Waals surface area contributed by atoms with Crippen LogP contribution in [0, 0.1) is 0 Å². The molecule has 3 unspecified atom stereocenters. The van der Waals surface area contributed by atoms with Crippen molar-refractivity contribution < 1.29 is 27.8 Å². The molecule has 3 rings (SSSR count). The van der Waals surface area contributed by atoms with Gasteiger partial charge in [-0.05, 0) is 13.8 Å². The highest BCUT2D eigenvalue weighted by Gasteiger charge is 2.61. The van der Waals surface area contributed by atoms with Gasteiger partial charge in [0.2, 0.25) is 0 Å². The van der Waals surface area contributed by atoms with Crippen LogP contribution in [0.2, 0.25) is 0 Å². The Labute approximate surface area is 87.7 Å². The summed E-state index contributed by atoms with van der Waals surface area (Å²) in [7, 11) is -2.04. The van der Waals surface area contributed by atoms with E-state index in [1.165, 1.54) is 0 Å². The molecule has 3 heterocycles. The summed E-state index contributed by atoms with van der Waals surface area (Å²) in [4.78, 5) is 0. The molecule has 84 valence electrons. The summed E-state index contributed by atoms with van der Waals surface area (Å²) in [6.45, 7) is 3.88. The summed E-state index contributed by atoms with van der Waals surface area (Å²) >= 11 is 0. The maximum atomic E-state index is 11.1. The molecule has 3 fully saturated rings. The van der Waals surface area contributed by atoms with Crippen LogP contribution in [0.25, 0.3) is 0 Å². The smallest absolute Gasteiger partial charge is 0.341 e. The molecule has 3 aliphatic rings. The van der Waals surface area contributed by atoms with Crippen molar-refractivity contribution in [3.05, 3.63) is 0 Å². The Balaban J connectivity index is 1.79. The minimum Gasteiger partial charge on any atom is -0.341 e. The van der Waals surface area contributed by atoms with Crippen LogP contribution in [-0.2, 0) is 27.8 Å². The molecule has 15 heavy (non-hydrogen) atoms. The van der Waals surface area contributed by atoms with Gasteiger partial charge in [-0.1, -0.05) is 0 Å². The van der Waals surface area contributed by atoms with E-state index in [1.54, 1.807) is 0 Å². The van der Waals surface area contributed by atoms with Crippen molar-refractivity contribution in [1.82, 2.24) is 0 Å². The summed E-state index contributed by atoms with van der Waals surface area (Å²) in [5.74, 6) is -0.673. The van der Waals surface area contributed by atoms with Gasteiger partial charge in [-0.25, -0.2) is 0 Å². The zero-order chi connectivity index (χ0) is 10.6. The van der Waals surface area contributed by atoms with E-state index in [0.29, 0.717) is 0 Å². The Bertz CT molecular complexity index is 306. The lowest BCUT2D eigenvalue weighted by Gasteiger charge is -2.23. The molecule has 0 spiro atoms. The lowest BCUT2D eigenvalue weighted by atomic mass is 10.1. The van der Waals surface area contributed by atoms with Crippen LogP contribution in [-0.4, -0.2) is 37.0 Å².